The minimum atomic E-state index is -1.21. The molecule has 4 N–H and O–H groups in total. The van der Waals surface area contributed by atoms with Gasteiger partial charge in [-0.2, -0.15) is 0 Å². The fraction of sp³-hybridized carbons (Fsp3) is 0.560. The predicted molar refractivity (Wildman–Crippen MR) is 242 cm³/mol. The molecule has 4 bridgehead atoms. The normalized spacial score (nSPS) is 25.9. The van der Waals surface area contributed by atoms with Crippen molar-refractivity contribution in [1.29, 1.82) is 0 Å². The van der Waals surface area contributed by atoms with E-state index in [4.69, 9.17) is 19.4 Å². The first kappa shape index (κ1) is 43.2. The number of aromatic amines is 2. The fourth-order valence-electron chi connectivity index (χ4n) is 12.6. The van der Waals surface area contributed by atoms with Crippen LogP contribution in [0.1, 0.15) is 155 Å². The standard InChI is InChI=1S/C50H61FN8O6/c1-24(2)43(56-49(62)64-5)47(60)58-17-7-8-37(58)45-52-21-35(54-45)33-15-13-31(39-26-9-11-28(18-26)41(33)39)32-14-16-34(42-29-12-10-27(19-29)40(32)42)36-22-53-46(55-36)38-20-30(51)23-59(38)48(61)44(25(3)4)57-50(63)65-6/h13-16,21-22,24-30,37-38,43-44H,7-12,17-20,23H2,1-6H3,(H,52,54)(H,53,55)(H,56,62)(H,57,63)/t26?,27?,28?,29?,30-,37-,38-,43-,44-/m0/s1. The lowest BCUT2D eigenvalue weighted by molar-refractivity contribution is -0.136. The molecule has 14 nitrogen and oxygen atoms in total. The summed E-state index contributed by atoms with van der Waals surface area (Å²) >= 11 is 0. The van der Waals surface area contributed by atoms with Crippen molar-refractivity contribution in [2.75, 3.05) is 27.3 Å². The SMILES string of the molecule is COC(=O)N[C@H](C(=O)N1CCC[C@H]1c1ncc(-c2ccc(-c3ccc(-c4cnc([C@@H]5C[C@H](F)CN5C(=O)[C@@H](NC(=O)OC)C(C)C)[nH]4)c4c3C3CCC4C3)c3c2C2CCC3C2)[nH]1)C(C)C. The van der Waals surface area contributed by atoms with Gasteiger partial charge in [0.25, 0.3) is 0 Å². The van der Waals surface area contributed by atoms with Gasteiger partial charge in [-0.25, -0.2) is 23.9 Å². The molecule has 65 heavy (non-hydrogen) atoms. The van der Waals surface area contributed by atoms with E-state index in [0.717, 1.165) is 61.3 Å². The second kappa shape index (κ2) is 16.9. The summed E-state index contributed by atoms with van der Waals surface area (Å²) in [5, 5.41) is 5.40. The maximum Gasteiger partial charge on any atom is 0.407 e. The Morgan fingerprint density at radius 2 is 1.06 bits per heavy atom. The monoisotopic (exact) mass is 888 g/mol. The molecule has 15 heteroatoms. The van der Waals surface area contributed by atoms with E-state index >= 15 is 4.39 Å². The number of likely N-dealkylation sites (tertiary alicyclic amines) is 2. The van der Waals surface area contributed by atoms with Crippen molar-refractivity contribution in [2.45, 2.75) is 139 Å². The third-order valence-electron chi connectivity index (χ3n) is 15.6. The molecule has 9 atom stereocenters. The second-order valence-electron chi connectivity index (χ2n) is 20.0. The minimum Gasteiger partial charge on any atom is -0.453 e. The van der Waals surface area contributed by atoms with Gasteiger partial charge in [0, 0.05) is 24.1 Å². The first-order valence-electron chi connectivity index (χ1n) is 23.7. The van der Waals surface area contributed by atoms with E-state index in [-0.39, 0.29) is 42.7 Å². The lowest BCUT2D eigenvalue weighted by atomic mass is 9.78. The van der Waals surface area contributed by atoms with Gasteiger partial charge in [0.15, 0.2) is 0 Å². The molecule has 6 aliphatic rings. The highest BCUT2D eigenvalue weighted by atomic mass is 19.1. The van der Waals surface area contributed by atoms with Crippen molar-refractivity contribution in [2.24, 2.45) is 11.8 Å². The number of alkyl carbamates (subject to hydrolysis) is 2. The molecule has 4 aliphatic carbocycles. The Balaban J connectivity index is 0.961. The summed E-state index contributed by atoms with van der Waals surface area (Å²) < 4.78 is 24.8. The number of aromatic nitrogens is 4. The highest BCUT2D eigenvalue weighted by molar-refractivity contribution is 5.88. The number of imidazole rings is 2. The Labute approximate surface area is 379 Å². The van der Waals surface area contributed by atoms with Gasteiger partial charge in [0.05, 0.1) is 56.6 Å². The van der Waals surface area contributed by atoms with E-state index in [1.807, 2.05) is 45.0 Å². The average Bonchev–Trinajstić information content (AvgIpc) is 4.16. The Hall–Kier alpha value is -5.73. The number of rotatable bonds is 11. The quantitative estimate of drug-likeness (QED) is 0.116. The summed E-state index contributed by atoms with van der Waals surface area (Å²) in [5.74, 6) is 2.37. The number of nitrogens with one attached hydrogen (secondary N) is 4. The van der Waals surface area contributed by atoms with E-state index in [0.29, 0.717) is 36.0 Å². The molecule has 4 aromatic rings. The number of carbonyl (C=O) groups is 4. The number of benzene rings is 2. The van der Waals surface area contributed by atoms with E-state index < -0.39 is 36.5 Å². The number of amides is 4. The largest absolute Gasteiger partial charge is 0.453 e. The van der Waals surface area contributed by atoms with Crippen molar-refractivity contribution >= 4 is 24.0 Å². The lowest BCUT2D eigenvalue weighted by Gasteiger charge is -2.30. The highest BCUT2D eigenvalue weighted by Gasteiger charge is 2.46. The molecule has 344 valence electrons. The van der Waals surface area contributed by atoms with Gasteiger partial charge >= 0.3 is 12.2 Å². The number of hydrogen-bond donors (Lipinski definition) is 4. The van der Waals surface area contributed by atoms with E-state index in [2.05, 4.69) is 44.9 Å². The van der Waals surface area contributed by atoms with E-state index in [1.165, 1.54) is 70.9 Å². The summed E-state index contributed by atoms with van der Waals surface area (Å²) in [6.45, 7) is 8.07. The zero-order valence-electron chi connectivity index (χ0n) is 38.2. The first-order chi connectivity index (χ1) is 31.3. The van der Waals surface area contributed by atoms with Gasteiger partial charge in [-0.1, -0.05) is 52.0 Å². The number of ether oxygens (including phenoxy) is 2. The van der Waals surface area contributed by atoms with Crippen LogP contribution in [-0.4, -0.2) is 99.3 Å². The molecule has 4 amide bonds. The van der Waals surface area contributed by atoms with E-state index in [9.17, 15) is 19.2 Å². The van der Waals surface area contributed by atoms with Gasteiger partial charge in [-0.3, -0.25) is 9.59 Å². The Morgan fingerprint density at radius 1 is 0.631 bits per heavy atom. The third kappa shape index (κ3) is 7.37. The van der Waals surface area contributed by atoms with Crippen LogP contribution in [0.5, 0.6) is 0 Å². The van der Waals surface area contributed by atoms with Crippen molar-refractivity contribution in [3.63, 3.8) is 0 Å². The maximum absolute atomic E-state index is 15.2. The van der Waals surface area contributed by atoms with Crippen LogP contribution in [0.25, 0.3) is 33.6 Å². The molecular weight excluding hydrogens is 828 g/mol. The molecule has 4 heterocycles. The molecular formula is C50H61FN8O6. The minimum absolute atomic E-state index is 0.0669. The van der Waals surface area contributed by atoms with Crippen LogP contribution in [0, 0.1) is 11.8 Å². The number of methoxy groups -OCH3 is 2. The number of halogens is 1. The Bertz CT molecular complexity index is 2530. The molecule has 4 fully saturated rings. The van der Waals surface area contributed by atoms with Crippen LogP contribution >= 0.6 is 0 Å². The average molecular weight is 889 g/mol. The number of alkyl halides is 1. The topological polar surface area (TPSA) is 175 Å². The summed E-state index contributed by atoms with van der Waals surface area (Å²) in [6.07, 6.45) is 9.93. The van der Waals surface area contributed by atoms with E-state index in [1.54, 1.807) is 0 Å². The third-order valence-corrected chi connectivity index (χ3v) is 15.6. The molecule has 10 rings (SSSR count). The van der Waals surface area contributed by atoms with Crippen LogP contribution in [0.2, 0.25) is 0 Å². The molecule has 2 aromatic carbocycles. The molecule has 0 radical (unpaired) electrons. The maximum atomic E-state index is 15.2. The van der Waals surface area contributed by atoms with Crippen LogP contribution in [0.15, 0.2) is 36.7 Å². The fourth-order valence-corrected chi connectivity index (χ4v) is 12.6. The van der Waals surface area contributed by atoms with Gasteiger partial charge in [-0.15, -0.1) is 0 Å². The Morgan fingerprint density at radius 3 is 1.52 bits per heavy atom. The number of fused-ring (bicyclic) bond motifs is 10. The smallest absolute Gasteiger partial charge is 0.407 e. The van der Waals surface area contributed by atoms with Crippen LogP contribution < -0.4 is 10.6 Å². The van der Waals surface area contributed by atoms with Crippen LogP contribution in [0.3, 0.4) is 0 Å². The predicted octanol–water partition coefficient (Wildman–Crippen LogP) is 8.90. The van der Waals surface area contributed by atoms with Gasteiger partial charge in [0.2, 0.25) is 11.8 Å². The highest BCUT2D eigenvalue weighted by Crippen LogP contribution is 2.62. The van der Waals surface area contributed by atoms with Crippen LogP contribution in [-0.2, 0) is 19.1 Å². The number of carbonyl (C=O) groups excluding carboxylic acids is 4. The molecule has 2 aliphatic heterocycles. The molecule has 2 aromatic heterocycles. The molecule has 2 saturated heterocycles. The van der Waals surface area contributed by atoms with Gasteiger partial charge in [-0.05, 0) is 120 Å². The van der Waals surface area contributed by atoms with Crippen molar-refractivity contribution in [1.82, 2.24) is 40.4 Å². The number of hydrogen-bond acceptors (Lipinski definition) is 8. The van der Waals surface area contributed by atoms with Gasteiger partial charge < -0.3 is 39.9 Å². The van der Waals surface area contributed by atoms with Crippen molar-refractivity contribution in [3.05, 3.63) is 70.6 Å². The van der Waals surface area contributed by atoms with Crippen LogP contribution in [0.4, 0.5) is 14.0 Å². The zero-order valence-corrected chi connectivity index (χ0v) is 38.2. The van der Waals surface area contributed by atoms with Crippen molar-refractivity contribution < 1.29 is 33.0 Å². The van der Waals surface area contributed by atoms with Gasteiger partial charge in [0.1, 0.15) is 29.9 Å². The first-order valence-corrected chi connectivity index (χ1v) is 23.7. The Kier molecular flexibility index (Phi) is 11.2. The van der Waals surface area contributed by atoms with Crippen molar-refractivity contribution in [3.8, 4) is 33.6 Å². The molecule has 0 spiro atoms. The summed E-state index contributed by atoms with van der Waals surface area (Å²) in [5.41, 5.74) is 12.5. The number of H-pyrrole nitrogens is 2. The zero-order chi connectivity index (χ0) is 45.4. The molecule has 4 unspecified atom stereocenters. The number of nitrogens with zero attached hydrogens (tertiary/aromatic N) is 4. The summed E-state index contributed by atoms with van der Waals surface area (Å²) in [7, 11) is 2.56. The lowest BCUT2D eigenvalue weighted by Crippen LogP contribution is -2.51. The summed E-state index contributed by atoms with van der Waals surface area (Å²) in [4.78, 5) is 72.4. The molecule has 2 saturated carbocycles. The summed E-state index contributed by atoms with van der Waals surface area (Å²) in [6, 6.07) is 6.81. The second-order valence-corrected chi connectivity index (χ2v) is 20.0.